The number of aromatic nitrogens is 2. The van der Waals surface area contributed by atoms with E-state index in [-0.39, 0.29) is 6.61 Å². The van der Waals surface area contributed by atoms with Crippen LogP contribution in [0.3, 0.4) is 0 Å². The van der Waals surface area contributed by atoms with Crippen molar-refractivity contribution in [1.29, 1.82) is 0 Å². The molecule has 1 rings (SSSR count). The fraction of sp³-hybridized carbons (Fsp3) is 0.727. The molecule has 1 N–H and O–H groups in total. The number of hydrogen-bond donors (Lipinski definition) is 1. The molecule has 1 heterocycles. The highest BCUT2D eigenvalue weighted by Crippen LogP contribution is 2.27. The fourth-order valence-corrected chi connectivity index (χ4v) is 2.95. The van der Waals surface area contributed by atoms with Crippen molar-refractivity contribution in [3.63, 3.8) is 0 Å². The first-order valence-electron chi connectivity index (χ1n) is 5.52. The van der Waals surface area contributed by atoms with Gasteiger partial charge >= 0.3 is 0 Å². The van der Waals surface area contributed by atoms with Crippen molar-refractivity contribution in [3.8, 4) is 0 Å². The number of hydrogen-bond acceptors (Lipinski definition) is 3. The zero-order valence-corrected chi connectivity index (χ0v) is 11.6. The van der Waals surface area contributed by atoms with E-state index in [1.165, 1.54) is 0 Å². The van der Waals surface area contributed by atoms with E-state index in [1.807, 2.05) is 11.7 Å². The zero-order chi connectivity index (χ0) is 12.1. The normalized spacial score (nSPS) is 13.1. The van der Waals surface area contributed by atoms with Crippen LogP contribution in [0.1, 0.15) is 31.7 Å². The summed E-state index contributed by atoms with van der Waals surface area (Å²) < 4.78 is 1.86. The summed E-state index contributed by atoms with van der Waals surface area (Å²) >= 11 is 8.05. The highest BCUT2D eigenvalue weighted by molar-refractivity contribution is 7.99. The third-order valence-corrected chi connectivity index (χ3v) is 4.22. The molecule has 1 aromatic rings. The molecule has 0 saturated carbocycles. The largest absolute Gasteiger partial charge is 0.396 e. The van der Waals surface area contributed by atoms with Crippen LogP contribution in [0.2, 0.25) is 5.02 Å². The molecule has 0 fully saturated rings. The molecule has 0 aromatic carbocycles. The van der Waals surface area contributed by atoms with Crippen LogP contribution in [0.25, 0.3) is 0 Å². The fourth-order valence-electron chi connectivity index (χ4n) is 1.46. The summed E-state index contributed by atoms with van der Waals surface area (Å²) in [5, 5.41) is 14.4. The molecular formula is C11H19ClN2OS. The monoisotopic (exact) mass is 262 g/mol. The molecule has 1 aromatic heterocycles. The summed E-state index contributed by atoms with van der Waals surface area (Å²) in [7, 11) is 1.93. The number of aryl methyl sites for hydroxylation is 2. The molecule has 5 heteroatoms. The maximum atomic E-state index is 8.83. The minimum absolute atomic E-state index is 0.244. The Morgan fingerprint density at radius 3 is 2.75 bits per heavy atom. The van der Waals surface area contributed by atoms with Crippen molar-refractivity contribution >= 4 is 23.4 Å². The minimum Gasteiger partial charge on any atom is -0.396 e. The van der Waals surface area contributed by atoms with E-state index in [9.17, 15) is 0 Å². The van der Waals surface area contributed by atoms with Gasteiger partial charge in [0.25, 0.3) is 0 Å². The molecule has 0 aliphatic rings. The van der Waals surface area contributed by atoms with Crippen molar-refractivity contribution in [2.45, 2.75) is 37.7 Å². The first-order valence-corrected chi connectivity index (χ1v) is 6.95. The standard InChI is InChI=1S/C11H19ClN2OS/c1-4-9-11(12)10(14(3)13-9)7-16-8(2)5-6-15/h8,15H,4-7H2,1-3H3. The van der Waals surface area contributed by atoms with Crippen LogP contribution >= 0.6 is 23.4 Å². The minimum atomic E-state index is 0.244. The molecule has 0 spiro atoms. The van der Waals surface area contributed by atoms with Crippen molar-refractivity contribution in [3.05, 3.63) is 16.4 Å². The van der Waals surface area contributed by atoms with Crippen molar-refractivity contribution in [2.24, 2.45) is 7.05 Å². The molecule has 16 heavy (non-hydrogen) atoms. The van der Waals surface area contributed by atoms with Crippen LogP contribution in [0.15, 0.2) is 0 Å². The third-order valence-electron chi connectivity index (χ3n) is 2.54. The van der Waals surface area contributed by atoms with Gasteiger partial charge in [0, 0.05) is 24.7 Å². The highest BCUT2D eigenvalue weighted by atomic mass is 35.5. The van der Waals surface area contributed by atoms with E-state index >= 15 is 0 Å². The second-order valence-electron chi connectivity index (χ2n) is 3.82. The predicted octanol–water partition coefficient (Wildman–Crippen LogP) is 2.64. The van der Waals surface area contributed by atoms with Crippen LogP contribution in [0, 0.1) is 0 Å². The molecule has 1 unspecified atom stereocenters. The van der Waals surface area contributed by atoms with E-state index in [0.29, 0.717) is 5.25 Å². The van der Waals surface area contributed by atoms with Crippen molar-refractivity contribution < 1.29 is 5.11 Å². The van der Waals surface area contributed by atoms with Crippen LogP contribution in [-0.4, -0.2) is 26.7 Å². The van der Waals surface area contributed by atoms with E-state index in [1.54, 1.807) is 11.8 Å². The van der Waals surface area contributed by atoms with Gasteiger partial charge in [0.05, 0.1) is 16.4 Å². The molecular weight excluding hydrogens is 244 g/mol. The summed E-state index contributed by atoms with van der Waals surface area (Å²) in [6, 6.07) is 0. The summed E-state index contributed by atoms with van der Waals surface area (Å²) in [5.74, 6) is 0.851. The van der Waals surface area contributed by atoms with E-state index in [0.717, 1.165) is 35.0 Å². The van der Waals surface area contributed by atoms with E-state index in [4.69, 9.17) is 16.7 Å². The van der Waals surface area contributed by atoms with Crippen LogP contribution < -0.4 is 0 Å². The molecule has 0 aliphatic carbocycles. The quantitative estimate of drug-likeness (QED) is 0.857. The molecule has 3 nitrogen and oxygen atoms in total. The van der Waals surface area contributed by atoms with Gasteiger partial charge in [-0.05, 0) is 12.8 Å². The molecule has 0 saturated heterocycles. The summed E-state index contributed by atoms with van der Waals surface area (Å²) in [5.41, 5.74) is 2.04. The molecule has 0 amide bonds. The Morgan fingerprint density at radius 1 is 1.56 bits per heavy atom. The van der Waals surface area contributed by atoms with Crippen LogP contribution in [-0.2, 0) is 19.2 Å². The number of rotatable bonds is 6. The third kappa shape index (κ3) is 3.40. The highest BCUT2D eigenvalue weighted by Gasteiger charge is 2.13. The number of halogens is 1. The average Bonchev–Trinajstić information content (AvgIpc) is 2.52. The van der Waals surface area contributed by atoms with Gasteiger partial charge in [-0.3, -0.25) is 4.68 Å². The lowest BCUT2D eigenvalue weighted by atomic mass is 10.3. The van der Waals surface area contributed by atoms with Gasteiger partial charge in [-0.1, -0.05) is 25.4 Å². The maximum Gasteiger partial charge on any atom is 0.0858 e. The number of nitrogens with zero attached hydrogens (tertiary/aromatic N) is 2. The van der Waals surface area contributed by atoms with Gasteiger partial charge in [-0.2, -0.15) is 16.9 Å². The van der Waals surface area contributed by atoms with E-state index < -0.39 is 0 Å². The van der Waals surface area contributed by atoms with Gasteiger partial charge in [0.1, 0.15) is 0 Å². The molecule has 1 atom stereocenters. The number of thioether (sulfide) groups is 1. The second kappa shape index (κ2) is 6.52. The number of aliphatic hydroxyl groups is 1. The summed E-state index contributed by atoms with van der Waals surface area (Å²) in [6.07, 6.45) is 1.68. The lowest BCUT2D eigenvalue weighted by Crippen LogP contribution is -2.02. The predicted molar refractivity (Wildman–Crippen MR) is 70.1 cm³/mol. The first-order chi connectivity index (χ1) is 7.60. The summed E-state index contributed by atoms with van der Waals surface area (Å²) in [4.78, 5) is 0. The van der Waals surface area contributed by atoms with E-state index in [2.05, 4.69) is 18.9 Å². The van der Waals surface area contributed by atoms with Gasteiger partial charge in [0.2, 0.25) is 0 Å². The van der Waals surface area contributed by atoms with Gasteiger partial charge in [0.15, 0.2) is 0 Å². The van der Waals surface area contributed by atoms with Crippen LogP contribution in [0.4, 0.5) is 0 Å². The van der Waals surface area contributed by atoms with Crippen LogP contribution in [0.5, 0.6) is 0 Å². The van der Waals surface area contributed by atoms with Crippen molar-refractivity contribution in [1.82, 2.24) is 9.78 Å². The maximum absolute atomic E-state index is 8.83. The smallest absolute Gasteiger partial charge is 0.0858 e. The Kier molecular flexibility index (Phi) is 5.66. The molecule has 0 radical (unpaired) electrons. The van der Waals surface area contributed by atoms with Gasteiger partial charge < -0.3 is 5.11 Å². The lowest BCUT2D eigenvalue weighted by Gasteiger charge is -2.09. The average molecular weight is 263 g/mol. The molecule has 92 valence electrons. The Labute approximate surface area is 106 Å². The topological polar surface area (TPSA) is 38.0 Å². The van der Waals surface area contributed by atoms with Gasteiger partial charge in [-0.15, -0.1) is 0 Å². The Bertz CT molecular complexity index is 341. The lowest BCUT2D eigenvalue weighted by molar-refractivity contribution is 0.289. The Morgan fingerprint density at radius 2 is 2.25 bits per heavy atom. The van der Waals surface area contributed by atoms with Gasteiger partial charge in [-0.25, -0.2) is 0 Å². The molecule has 0 bridgehead atoms. The zero-order valence-electron chi connectivity index (χ0n) is 10.0. The summed E-state index contributed by atoms with van der Waals surface area (Å²) in [6.45, 7) is 4.42. The number of aliphatic hydroxyl groups excluding tert-OH is 1. The SMILES string of the molecule is CCc1nn(C)c(CSC(C)CCO)c1Cl. The molecule has 0 aliphatic heterocycles. The Balaban J connectivity index is 2.63. The Hall–Kier alpha value is -0.190. The second-order valence-corrected chi connectivity index (χ2v) is 5.62. The van der Waals surface area contributed by atoms with Crippen molar-refractivity contribution in [2.75, 3.05) is 6.61 Å². The first kappa shape index (κ1) is 13.9.